The molecule has 0 radical (unpaired) electrons. The maximum Gasteiger partial charge on any atom is 0.326 e. The molecule has 2 rings (SSSR count). The van der Waals surface area contributed by atoms with E-state index in [-0.39, 0.29) is 5.92 Å². The Morgan fingerprint density at radius 2 is 2.29 bits per heavy atom. The summed E-state index contributed by atoms with van der Waals surface area (Å²) in [7, 11) is 3.68. The molecule has 0 aliphatic heterocycles. The third-order valence-corrected chi connectivity index (χ3v) is 2.71. The van der Waals surface area contributed by atoms with E-state index in [1.807, 2.05) is 14.1 Å². The van der Waals surface area contributed by atoms with Crippen molar-refractivity contribution < 1.29 is 9.90 Å². The fraction of sp³-hybridized carbons (Fsp3) is 0.545. The number of nitrogens with zero attached hydrogens (tertiary/aromatic N) is 3. The lowest BCUT2D eigenvalue weighted by molar-refractivity contribution is -0.138. The molecule has 1 aliphatic rings. The van der Waals surface area contributed by atoms with Gasteiger partial charge >= 0.3 is 5.97 Å². The second kappa shape index (κ2) is 4.57. The van der Waals surface area contributed by atoms with Crippen LogP contribution in [0, 0.1) is 5.92 Å². The summed E-state index contributed by atoms with van der Waals surface area (Å²) in [4.78, 5) is 21.2. The summed E-state index contributed by atoms with van der Waals surface area (Å²) in [5.74, 6) is 0.528. The molecule has 6 heteroatoms. The number of aromatic nitrogens is 2. The van der Waals surface area contributed by atoms with Gasteiger partial charge in [-0.3, -0.25) is 0 Å². The van der Waals surface area contributed by atoms with E-state index in [9.17, 15) is 4.79 Å². The van der Waals surface area contributed by atoms with Crippen molar-refractivity contribution in [2.45, 2.75) is 18.9 Å². The highest BCUT2D eigenvalue weighted by Gasteiger charge is 2.36. The predicted octanol–water partition coefficient (Wildman–Crippen LogP) is 0.818. The van der Waals surface area contributed by atoms with Gasteiger partial charge in [-0.25, -0.2) is 9.78 Å². The monoisotopic (exact) mass is 236 g/mol. The van der Waals surface area contributed by atoms with E-state index in [2.05, 4.69) is 15.3 Å². The molecule has 92 valence electrons. The molecule has 1 aromatic rings. The molecule has 1 atom stereocenters. The van der Waals surface area contributed by atoms with Gasteiger partial charge in [0.15, 0.2) is 0 Å². The number of hydrogen-bond donors (Lipinski definition) is 2. The molecule has 0 saturated heterocycles. The average Bonchev–Trinajstić information content (AvgIpc) is 3.09. The fourth-order valence-corrected chi connectivity index (χ4v) is 1.61. The van der Waals surface area contributed by atoms with Gasteiger partial charge in [-0.05, 0) is 24.8 Å². The molecule has 0 bridgehead atoms. The Morgan fingerprint density at radius 1 is 1.59 bits per heavy atom. The largest absolute Gasteiger partial charge is 0.480 e. The minimum atomic E-state index is -0.822. The SMILES string of the molecule is CN(C)c1nccc(NC(C(=O)O)C2CC2)n1. The molecular weight excluding hydrogens is 220 g/mol. The van der Waals surface area contributed by atoms with Gasteiger partial charge in [-0.15, -0.1) is 0 Å². The molecule has 0 aromatic carbocycles. The van der Waals surface area contributed by atoms with Gasteiger partial charge in [-0.2, -0.15) is 4.98 Å². The highest BCUT2D eigenvalue weighted by Crippen LogP contribution is 2.34. The van der Waals surface area contributed by atoms with Gasteiger partial charge in [-0.1, -0.05) is 0 Å². The number of nitrogens with one attached hydrogen (secondary N) is 1. The maximum atomic E-state index is 11.1. The molecule has 1 aromatic heterocycles. The van der Waals surface area contributed by atoms with E-state index in [1.54, 1.807) is 17.2 Å². The normalized spacial score (nSPS) is 16.4. The fourth-order valence-electron chi connectivity index (χ4n) is 1.61. The first kappa shape index (κ1) is 11.6. The number of rotatable bonds is 5. The van der Waals surface area contributed by atoms with Gasteiger partial charge in [0.1, 0.15) is 11.9 Å². The maximum absolute atomic E-state index is 11.1. The van der Waals surface area contributed by atoms with Crippen LogP contribution in [0.5, 0.6) is 0 Å². The Labute approximate surface area is 99.7 Å². The highest BCUT2D eigenvalue weighted by molar-refractivity contribution is 5.77. The summed E-state index contributed by atoms with van der Waals surface area (Å²) in [5.41, 5.74) is 0. The molecule has 1 saturated carbocycles. The van der Waals surface area contributed by atoms with Crippen LogP contribution >= 0.6 is 0 Å². The van der Waals surface area contributed by atoms with Crippen LogP contribution in [0.1, 0.15) is 12.8 Å². The van der Waals surface area contributed by atoms with E-state index in [1.165, 1.54) is 0 Å². The van der Waals surface area contributed by atoms with E-state index in [0.29, 0.717) is 11.8 Å². The van der Waals surface area contributed by atoms with Crippen LogP contribution in [0.2, 0.25) is 0 Å². The Bertz CT molecular complexity index is 418. The van der Waals surface area contributed by atoms with Crippen molar-refractivity contribution in [3.05, 3.63) is 12.3 Å². The molecule has 0 amide bonds. The van der Waals surface area contributed by atoms with Crippen molar-refractivity contribution in [3.63, 3.8) is 0 Å². The summed E-state index contributed by atoms with van der Waals surface area (Å²) in [6, 6.07) is 1.14. The number of aliphatic carboxylic acids is 1. The van der Waals surface area contributed by atoms with Crippen molar-refractivity contribution >= 4 is 17.7 Å². The number of carboxylic acids is 1. The van der Waals surface area contributed by atoms with Crippen LogP contribution in [-0.4, -0.2) is 41.2 Å². The summed E-state index contributed by atoms with van der Waals surface area (Å²) < 4.78 is 0. The van der Waals surface area contributed by atoms with Crippen molar-refractivity contribution in [1.29, 1.82) is 0 Å². The van der Waals surface area contributed by atoms with Crippen molar-refractivity contribution in [2.75, 3.05) is 24.3 Å². The van der Waals surface area contributed by atoms with Gasteiger partial charge in [0, 0.05) is 20.3 Å². The zero-order valence-electron chi connectivity index (χ0n) is 9.92. The minimum Gasteiger partial charge on any atom is -0.480 e. The third-order valence-electron chi connectivity index (χ3n) is 2.71. The molecular formula is C11H16N4O2. The summed E-state index contributed by atoms with van der Waals surface area (Å²) in [5, 5.41) is 12.1. The summed E-state index contributed by atoms with van der Waals surface area (Å²) in [6.45, 7) is 0. The molecule has 1 unspecified atom stereocenters. The Balaban J connectivity index is 2.11. The van der Waals surface area contributed by atoms with Crippen molar-refractivity contribution in [2.24, 2.45) is 5.92 Å². The first-order chi connectivity index (χ1) is 8.08. The van der Waals surface area contributed by atoms with Crippen LogP contribution in [0.15, 0.2) is 12.3 Å². The third kappa shape index (κ3) is 2.83. The lowest BCUT2D eigenvalue weighted by Crippen LogP contribution is -2.31. The number of anilines is 2. The Kier molecular flexibility index (Phi) is 3.12. The second-order valence-corrected chi connectivity index (χ2v) is 4.43. The van der Waals surface area contributed by atoms with E-state index in [4.69, 9.17) is 5.11 Å². The zero-order chi connectivity index (χ0) is 12.4. The molecule has 1 fully saturated rings. The van der Waals surface area contributed by atoms with Crippen molar-refractivity contribution in [1.82, 2.24) is 9.97 Å². The minimum absolute atomic E-state index is 0.227. The quantitative estimate of drug-likeness (QED) is 0.788. The first-order valence-electron chi connectivity index (χ1n) is 5.57. The molecule has 6 nitrogen and oxygen atoms in total. The predicted molar refractivity (Wildman–Crippen MR) is 64.1 cm³/mol. The van der Waals surface area contributed by atoms with Gasteiger partial charge in [0.05, 0.1) is 0 Å². The van der Waals surface area contributed by atoms with E-state index in [0.717, 1.165) is 12.8 Å². The van der Waals surface area contributed by atoms with Crippen LogP contribution in [0.3, 0.4) is 0 Å². The van der Waals surface area contributed by atoms with Crippen LogP contribution in [0.4, 0.5) is 11.8 Å². The van der Waals surface area contributed by atoms with Crippen LogP contribution in [0.25, 0.3) is 0 Å². The Hall–Kier alpha value is -1.85. The van der Waals surface area contributed by atoms with E-state index < -0.39 is 12.0 Å². The highest BCUT2D eigenvalue weighted by atomic mass is 16.4. The summed E-state index contributed by atoms with van der Waals surface area (Å²) in [6.07, 6.45) is 3.56. The molecule has 2 N–H and O–H groups in total. The van der Waals surface area contributed by atoms with Gasteiger partial charge in [0.25, 0.3) is 0 Å². The second-order valence-electron chi connectivity index (χ2n) is 4.43. The average molecular weight is 236 g/mol. The molecule has 1 heterocycles. The van der Waals surface area contributed by atoms with Crippen LogP contribution in [-0.2, 0) is 4.79 Å². The number of hydrogen-bond acceptors (Lipinski definition) is 5. The standard InChI is InChI=1S/C11H16N4O2/c1-15(2)11-12-6-5-8(14-11)13-9(10(16)17)7-3-4-7/h5-7,9H,3-4H2,1-2H3,(H,16,17)(H,12,13,14). The molecule has 0 spiro atoms. The van der Waals surface area contributed by atoms with Crippen molar-refractivity contribution in [3.8, 4) is 0 Å². The molecule has 17 heavy (non-hydrogen) atoms. The van der Waals surface area contributed by atoms with Gasteiger partial charge in [0.2, 0.25) is 5.95 Å². The van der Waals surface area contributed by atoms with E-state index >= 15 is 0 Å². The lowest BCUT2D eigenvalue weighted by atomic mass is 10.2. The number of carboxylic acid groups (broad SMARTS) is 1. The van der Waals surface area contributed by atoms with Gasteiger partial charge < -0.3 is 15.3 Å². The smallest absolute Gasteiger partial charge is 0.326 e. The summed E-state index contributed by atoms with van der Waals surface area (Å²) >= 11 is 0. The zero-order valence-corrected chi connectivity index (χ0v) is 9.92. The lowest BCUT2D eigenvalue weighted by Gasteiger charge is -2.16. The molecule has 1 aliphatic carbocycles. The van der Waals surface area contributed by atoms with Crippen LogP contribution < -0.4 is 10.2 Å². The Morgan fingerprint density at radius 3 is 2.82 bits per heavy atom. The number of carbonyl (C=O) groups is 1. The first-order valence-corrected chi connectivity index (χ1v) is 5.57. The topological polar surface area (TPSA) is 78.4 Å².